The van der Waals surface area contributed by atoms with E-state index in [9.17, 15) is 0 Å². The summed E-state index contributed by atoms with van der Waals surface area (Å²) in [6, 6.07) is 9.38. The van der Waals surface area contributed by atoms with Crippen LogP contribution < -0.4 is 5.32 Å². The van der Waals surface area contributed by atoms with E-state index in [-0.39, 0.29) is 5.41 Å². The van der Waals surface area contributed by atoms with E-state index in [0.717, 1.165) is 26.2 Å². The van der Waals surface area contributed by atoms with Crippen molar-refractivity contribution in [1.29, 1.82) is 0 Å². The van der Waals surface area contributed by atoms with Crippen LogP contribution in [0.3, 0.4) is 0 Å². The first-order valence-electron chi connectivity index (χ1n) is 7.20. The van der Waals surface area contributed by atoms with Gasteiger partial charge in [0.2, 0.25) is 0 Å². The molecule has 0 spiro atoms. The fourth-order valence-corrected chi connectivity index (χ4v) is 2.64. The Balaban J connectivity index is 2.16. The maximum absolute atomic E-state index is 4.02. The molecule has 0 aromatic heterocycles. The lowest BCUT2D eigenvalue weighted by Crippen LogP contribution is -2.44. The van der Waals surface area contributed by atoms with Crippen LogP contribution in [0, 0.1) is 0 Å². The molecule has 1 aliphatic rings. The first kappa shape index (κ1) is 14.3. The predicted molar refractivity (Wildman–Crippen MR) is 82.5 cm³/mol. The van der Waals surface area contributed by atoms with Crippen molar-refractivity contribution < 1.29 is 0 Å². The molecule has 1 heterocycles. The largest absolute Gasteiger partial charge is 0.314 e. The molecule has 0 amide bonds. The highest BCUT2D eigenvalue weighted by Crippen LogP contribution is 2.26. The molecular weight excluding hydrogens is 232 g/mol. The molecule has 1 saturated heterocycles. The molecule has 1 aromatic carbocycles. The van der Waals surface area contributed by atoms with E-state index in [1.165, 1.54) is 11.1 Å². The summed E-state index contributed by atoms with van der Waals surface area (Å²) in [5.41, 5.74) is 2.96. The lowest BCUT2D eigenvalue weighted by molar-refractivity contribution is 0.203. The van der Waals surface area contributed by atoms with Crippen LogP contribution >= 0.6 is 0 Å². The molecular formula is C17H26N2. The molecule has 1 N–H and O–H groups in total. The summed E-state index contributed by atoms with van der Waals surface area (Å²) in [4.78, 5) is 2.50. The topological polar surface area (TPSA) is 15.3 Å². The number of nitrogens with zero attached hydrogens (tertiary/aromatic N) is 1. The van der Waals surface area contributed by atoms with Crippen molar-refractivity contribution in [2.45, 2.75) is 32.2 Å². The second-order valence-corrected chi connectivity index (χ2v) is 6.34. The standard InChI is InChI=1S/C17H26N2/c1-5-16(19-12-10-18-11-13-19)14-6-8-15(9-7-14)17(2,3)4/h5-9,16,18H,1,10-13H2,2-4H3/t16-/m1/s1. The van der Waals surface area contributed by atoms with Gasteiger partial charge in [0, 0.05) is 26.2 Å². The lowest BCUT2D eigenvalue weighted by atomic mass is 9.86. The van der Waals surface area contributed by atoms with Gasteiger partial charge in [0.1, 0.15) is 0 Å². The van der Waals surface area contributed by atoms with Crippen LogP contribution in [-0.4, -0.2) is 31.1 Å². The van der Waals surface area contributed by atoms with E-state index < -0.39 is 0 Å². The Morgan fingerprint density at radius 1 is 1.16 bits per heavy atom. The van der Waals surface area contributed by atoms with Gasteiger partial charge in [-0.2, -0.15) is 0 Å². The maximum atomic E-state index is 4.02. The number of benzene rings is 1. The molecule has 0 radical (unpaired) electrons. The second kappa shape index (κ2) is 5.89. The molecule has 1 atom stereocenters. The fourth-order valence-electron chi connectivity index (χ4n) is 2.64. The van der Waals surface area contributed by atoms with Crippen LogP contribution in [0.5, 0.6) is 0 Å². The summed E-state index contributed by atoms with van der Waals surface area (Å²) in [7, 11) is 0. The lowest BCUT2D eigenvalue weighted by Gasteiger charge is -2.33. The first-order chi connectivity index (χ1) is 9.02. The fraction of sp³-hybridized carbons (Fsp3) is 0.529. The number of hydrogen-bond acceptors (Lipinski definition) is 2. The highest BCUT2D eigenvalue weighted by molar-refractivity contribution is 5.31. The van der Waals surface area contributed by atoms with Gasteiger partial charge in [-0.1, -0.05) is 51.1 Å². The van der Waals surface area contributed by atoms with Gasteiger partial charge in [0.25, 0.3) is 0 Å². The second-order valence-electron chi connectivity index (χ2n) is 6.34. The summed E-state index contributed by atoms with van der Waals surface area (Å²) in [5, 5.41) is 3.40. The van der Waals surface area contributed by atoms with Crippen molar-refractivity contribution in [1.82, 2.24) is 10.2 Å². The van der Waals surface area contributed by atoms with Gasteiger partial charge in [-0.3, -0.25) is 4.90 Å². The molecule has 2 rings (SSSR count). The van der Waals surface area contributed by atoms with Crippen LogP contribution in [0.25, 0.3) is 0 Å². The molecule has 104 valence electrons. The normalized spacial score (nSPS) is 19.1. The first-order valence-corrected chi connectivity index (χ1v) is 7.20. The molecule has 0 saturated carbocycles. The van der Waals surface area contributed by atoms with E-state index in [2.05, 4.69) is 67.9 Å². The van der Waals surface area contributed by atoms with E-state index in [0.29, 0.717) is 6.04 Å². The summed E-state index contributed by atoms with van der Waals surface area (Å²) in [6.45, 7) is 15.1. The third-order valence-corrected chi connectivity index (χ3v) is 3.89. The van der Waals surface area contributed by atoms with E-state index in [1.54, 1.807) is 0 Å². The van der Waals surface area contributed by atoms with Crippen LogP contribution in [0.15, 0.2) is 36.9 Å². The van der Waals surface area contributed by atoms with Crippen LogP contribution in [0.2, 0.25) is 0 Å². The third kappa shape index (κ3) is 3.46. The third-order valence-electron chi connectivity index (χ3n) is 3.89. The SMILES string of the molecule is C=C[C@H](c1ccc(C(C)(C)C)cc1)N1CCNCC1. The van der Waals surface area contributed by atoms with E-state index in [1.807, 2.05) is 0 Å². The molecule has 0 unspecified atom stereocenters. The van der Waals surface area contributed by atoms with Crippen LogP contribution in [0.1, 0.15) is 37.9 Å². The van der Waals surface area contributed by atoms with Crippen molar-refractivity contribution in [3.8, 4) is 0 Å². The summed E-state index contributed by atoms with van der Waals surface area (Å²) >= 11 is 0. The number of piperazine rings is 1. The molecule has 1 aromatic rings. The Hall–Kier alpha value is -1.12. The summed E-state index contributed by atoms with van der Waals surface area (Å²) in [5.74, 6) is 0. The van der Waals surface area contributed by atoms with E-state index in [4.69, 9.17) is 0 Å². The van der Waals surface area contributed by atoms with Crippen molar-refractivity contribution in [3.63, 3.8) is 0 Å². The van der Waals surface area contributed by atoms with Crippen molar-refractivity contribution in [2.24, 2.45) is 0 Å². The molecule has 1 fully saturated rings. The van der Waals surface area contributed by atoms with Gasteiger partial charge in [-0.05, 0) is 16.5 Å². The minimum absolute atomic E-state index is 0.219. The molecule has 2 heteroatoms. The van der Waals surface area contributed by atoms with Gasteiger partial charge in [0.05, 0.1) is 6.04 Å². The van der Waals surface area contributed by atoms with Gasteiger partial charge >= 0.3 is 0 Å². The van der Waals surface area contributed by atoms with Crippen molar-refractivity contribution in [3.05, 3.63) is 48.0 Å². The minimum Gasteiger partial charge on any atom is -0.314 e. The van der Waals surface area contributed by atoms with Gasteiger partial charge in [-0.15, -0.1) is 6.58 Å². The highest BCUT2D eigenvalue weighted by atomic mass is 15.2. The molecule has 2 nitrogen and oxygen atoms in total. The quantitative estimate of drug-likeness (QED) is 0.838. The number of hydrogen-bond donors (Lipinski definition) is 1. The molecule has 1 aliphatic heterocycles. The Morgan fingerprint density at radius 2 is 1.74 bits per heavy atom. The summed E-state index contributed by atoms with van der Waals surface area (Å²) in [6.07, 6.45) is 2.07. The van der Waals surface area contributed by atoms with E-state index >= 15 is 0 Å². The Kier molecular flexibility index (Phi) is 4.43. The van der Waals surface area contributed by atoms with Crippen LogP contribution in [0.4, 0.5) is 0 Å². The van der Waals surface area contributed by atoms with Crippen molar-refractivity contribution >= 4 is 0 Å². The minimum atomic E-state index is 0.219. The zero-order valence-electron chi connectivity index (χ0n) is 12.4. The Morgan fingerprint density at radius 3 is 2.21 bits per heavy atom. The van der Waals surface area contributed by atoms with Gasteiger partial charge in [-0.25, -0.2) is 0 Å². The number of rotatable bonds is 3. The monoisotopic (exact) mass is 258 g/mol. The zero-order chi connectivity index (χ0) is 13.9. The highest BCUT2D eigenvalue weighted by Gasteiger charge is 2.20. The zero-order valence-corrected chi connectivity index (χ0v) is 12.4. The number of nitrogens with one attached hydrogen (secondary N) is 1. The molecule has 0 aliphatic carbocycles. The van der Waals surface area contributed by atoms with Crippen LogP contribution in [-0.2, 0) is 5.41 Å². The average molecular weight is 258 g/mol. The smallest absolute Gasteiger partial charge is 0.0529 e. The molecule has 19 heavy (non-hydrogen) atoms. The predicted octanol–water partition coefficient (Wildman–Crippen LogP) is 3.12. The summed E-state index contributed by atoms with van der Waals surface area (Å²) < 4.78 is 0. The average Bonchev–Trinajstić information content (AvgIpc) is 2.40. The van der Waals surface area contributed by atoms with Crippen molar-refractivity contribution in [2.75, 3.05) is 26.2 Å². The maximum Gasteiger partial charge on any atom is 0.0529 e. The Bertz CT molecular complexity index is 408. The van der Waals surface area contributed by atoms with Gasteiger partial charge in [0.15, 0.2) is 0 Å². The van der Waals surface area contributed by atoms with Gasteiger partial charge < -0.3 is 5.32 Å². The molecule has 0 bridgehead atoms. The Labute approximate surface area is 117 Å².